The molecule has 236 valence electrons. The molecule has 8 nitrogen and oxygen atoms in total. The molecule has 2 unspecified atom stereocenters. The number of nitriles is 1. The van der Waals surface area contributed by atoms with Crippen LogP contribution in [0, 0.1) is 23.2 Å². The number of nitrogens with zero attached hydrogens (tertiary/aromatic N) is 1. The van der Waals surface area contributed by atoms with Crippen LogP contribution in [0.4, 0.5) is 0 Å². The zero-order chi connectivity index (χ0) is 32.3. The largest absolute Gasteiger partial charge is 0.425 e. The van der Waals surface area contributed by atoms with Crippen molar-refractivity contribution < 1.29 is 32.3 Å². The Hall–Kier alpha value is -3.07. The number of hydrogen-bond acceptors (Lipinski definition) is 10. The molecule has 44 heavy (non-hydrogen) atoms. The highest BCUT2D eigenvalue weighted by atomic mass is 32.2. The van der Waals surface area contributed by atoms with E-state index in [1.807, 2.05) is 19.9 Å². The van der Waals surface area contributed by atoms with E-state index < -0.39 is 21.4 Å². The maximum Gasteiger partial charge on any atom is 0.314 e. The van der Waals surface area contributed by atoms with Crippen molar-refractivity contribution in [3.8, 4) is 17.6 Å². The number of esters is 2. The molecule has 0 amide bonds. The molecule has 0 fully saturated rings. The lowest BCUT2D eigenvalue weighted by molar-refractivity contribution is -0.140. The molecule has 0 saturated carbocycles. The topological polar surface area (TPSA) is 128 Å². The van der Waals surface area contributed by atoms with E-state index in [1.165, 1.54) is 12.1 Å². The first kappa shape index (κ1) is 35.4. The lowest BCUT2D eigenvalue weighted by atomic mass is 10.00. The van der Waals surface area contributed by atoms with Gasteiger partial charge in [-0.15, -0.1) is 0 Å². The number of ether oxygens (including phenoxy) is 2. The first-order valence-corrected chi connectivity index (χ1v) is 18.3. The van der Waals surface area contributed by atoms with Gasteiger partial charge in [-0.2, -0.15) is 5.26 Å². The fourth-order valence-corrected chi connectivity index (χ4v) is 8.47. The van der Waals surface area contributed by atoms with Gasteiger partial charge in [0.2, 0.25) is 0 Å². The molecule has 0 bridgehead atoms. The van der Waals surface area contributed by atoms with E-state index in [-0.39, 0.29) is 50.0 Å². The molecular formula is C33H39NO7S3. The van der Waals surface area contributed by atoms with Crippen molar-refractivity contribution in [1.82, 2.24) is 0 Å². The van der Waals surface area contributed by atoms with Gasteiger partial charge in [0.15, 0.2) is 15.6 Å². The van der Waals surface area contributed by atoms with Crippen LogP contribution in [-0.2, 0) is 24.2 Å². The minimum atomic E-state index is -3.99. The molecule has 2 aromatic rings. The van der Waals surface area contributed by atoms with Gasteiger partial charge in [-0.05, 0) is 49.9 Å². The summed E-state index contributed by atoms with van der Waals surface area (Å²) < 4.78 is 37.7. The van der Waals surface area contributed by atoms with Gasteiger partial charge in [0, 0.05) is 0 Å². The average Bonchev–Trinajstić information content (AvgIpc) is 3.45. The number of ketones is 1. The van der Waals surface area contributed by atoms with E-state index in [1.54, 1.807) is 30.3 Å². The Morgan fingerprint density at radius 3 is 1.68 bits per heavy atom. The normalized spacial score (nSPS) is 13.8. The second-order valence-corrected chi connectivity index (χ2v) is 14.8. The smallest absolute Gasteiger partial charge is 0.314 e. The van der Waals surface area contributed by atoms with Crippen molar-refractivity contribution in [1.29, 1.82) is 5.26 Å². The number of sulfone groups is 1. The van der Waals surface area contributed by atoms with E-state index in [4.69, 9.17) is 9.47 Å². The number of carbonyl (C=O) groups excluding carboxylic acids is 3. The molecule has 0 spiro atoms. The second kappa shape index (κ2) is 16.8. The first-order chi connectivity index (χ1) is 21.1. The third kappa shape index (κ3) is 8.99. The van der Waals surface area contributed by atoms with Gasteiger partial charge in [0.1, 0.15) is 28.9 Å². The minimum absolute atomic E-state index is 0.0175. The standard InChI is InChI=1S/C33H39NO7S3/c1-5-9-14-22(7-3)31(36)40-27-18-19-28(41-32(37)23(8-4)15-10-6-2)30-29(27)42-33(43-30)25(20-34)26(35)21-44(38,39)24-16-12-11-13-17-24/h11-13,16-19,22-23H,5-10,14-15,21H2,1-4H3. The fraction of sp³-hybridized carbons (Fsp3) is 0.455. The van der Waals surface area contributed by atoms with Gasteiger partial charge in [-0.1, -0.05) is 95.1 Å². The molecule has 1 heterocycles. The predicted molar refractivity (Wildman–Crippen MR) is 172 cm³/mol. The van der Waals surface area contributed by atoms with Crippen LogP contribution in [0.2, 0.25) is 0 Å². The number of allylic oxidation sites excluding steroid dienone is 1. The van der Waals surface area contributed by atoms with Crippen LogP contribution in [-0.4, -0.2) is 31.9 Å². The summed E-state index contributed by atoms with van der Waals surface area (Å²) in [5.74, 6) is -2.62. The van der Waals surface area contributed by atoms with Gasteiger partial charge >= 0.3 is 11.9 Å². The number of Topliss-reactive ketones (excluding diaryl/α,β-unsaturated/α-hetero) is 1. The van der Waals surface area contributed by atoms with Crippen molar-refractivity contribution in [2.75, 3.05) is 5.75 Å². The van der Waals surface area contributed by atoms with Gasteiger partial charge in [0.25, 0.3) is 0 Å². The van der Waals surface area contributed by atoms with Gasteiger partial charge < -0.3 is 9.47 Å². The molecule has 0 aliphatic carbocycles. The molecule has 1 aliphatic rings. The summed E-state index contributed by atoms with van der Waals surface area (Å²) in [5.41, 5.74) is -0.325. The molecular weight excluding hydrogens is 619 g/mol. The van der Waals surface area contributed by atoms with Crippen molar-refractivity contribution in [2.24, 2.45) is 11.8 Å². The lowest BCUT2D eigenvalue weighted by Gasteiger charge is -2.17. The van der Waals surface area contributed by atoms with Crippen LogP contribution >= 0.6 is 23.5 Å². The SMILES string of the molecule is CCCCC(CC)C(=O)Oc1ccc(OC(=O)C(CC)CCCC)c2c1SC(=C(C#N)C(=O)CS(=O)(=O)c1ccccc1)S2. The fourth-order valence-electron chi connectivity index (χ4n) is 4.63. The Kier molecular flexibility index (Phi) is 13.6. The highest BCUT2D eigenvalue weighted by Gasteiger charge is 2.34. The number of hydrogen-bond donors (Lipinski definition) is 0. The Labute approximate surface area is 268 Å². The van der Waals surface area contributed by atoms with Crippen LogP contribution in [0.1, 0.15) is 79.1 Å². The van der Waals surface area contributed by atoms with Crippen LogP contribution in [0.3, 0.4) is 0 Å². The molecule has 2 aromatic carbocycles. The van der Waals surface area contributed by atoms with Crippen LogP contribution in [0.15, 0.2) is 67.0 Å². The van der Waals surface area contributed by atoms with Crippen LogP contribution in [0.5, 0.6) is 11.5 Å². The molecule has 3 rings (SSSR count). The summed E-state index contributed by atoms with van der Waals surface area (Å²) >= 11 is 2.06. The van der Waals surface area contributed by atoms with Crippen molar-refractivity contribution in [3.63, 3.8) is 0 Å². The van der Waals surface area contributed by atoms with Gasteiger partial charge in [-0.3, -0.25) is 14.4 Å². The summed E-state index contributed by atoms with van der Waals surface area (Å²) in [7, 11) is -3.99. The number of fused-ring (bicyclic) bond motifs is 1. The van der Waals surface area contributed by atoms with E-state index in [0.29, 0.717) is 35.5 Å². The van der Waals surface area contributed by atoms with Crippen molar-refractivity contribution >= 4 is 51.1 Å². The number of benzene rings is 2. The molecule has 0 aromatic heterocycles. The molecule has 2 atom stereocenters. The zero-order valence-corrected chi connectivity index (χ0v) is 28.0. The third-order valence-corrected chi connectivity index (χ3v) is 11.6. The maximum atomic E-state index is 13.2. The highest BCUT2D eigenvalue weighted by Crippen LogP contribution is 2.59. The average molecular weight is 658 g/mol. The molecule has 0 N–H and O–H groups in total. The summed E-state index contributed by atoms with van der Waals surface area (Å²) in [4.78, 5) is 40.3. The Morgan fingerprint density at radius 2 is 1.27 bits per heavy atom. The number of unbranched alkanes of at least 4 members (excludes halogenated alkanes) is 2. The van der Waals surface area contributed by atoms with Crippen LogP contribution < -0.4 is 9.47 Å². The predicted octanol–water partition coefficient (Wildman–Crippen LogP) is 7.91. The molecule has 0 radical (unpaired) electrons. The number of thioether (sulfide) groups is 2. The van der Waals surface area contributed by atoms with E-state index in [2.05, 4.69) is 13.8 Å². The summed E-state index contributed by atoms with van der Waals surface area (Å²) in [5, 5.41) is 9.99. The molecule has 11 heteroatoms. The Bertz CT molecular complexity index is 1470. The van der Waals surface area contributed by atoms with E-state index in [0.717, 1.165) is 49.2 Å². The molecule has 0 saturated heterocycles. The maximum absolute atomic E-state index is 13.2. The molecule has 1 aliphatic heterocycles. The van der Waals surface area contributed by atoms with Gasteiger partial charge in [0.05, 0.1) is 30.8 Å². The van der Waals surface area contributed by atoms with Crippen LogP contribution in [0.25, 0.3) is 0 Å². The summed E-state index contributed by atoms with van der Waals surface area (Å²) in [6, 6.07) is 12.6. The zero-order valence-electron chi connectivity index (χ0n) is 25.6. The van der Waals surface area contributed by atoms with E-state index >= 15 is 0 Å². The number of carbonyl (C=O) groups is 3. The minimum Gasteiger partial charge on any atom is -0.425 e. The van der Waals surface area contributed by atoms with Crippen molar-refractivity contribution in [2.45, 2.75) is 93.7 Å². The highest BCUT2D eigenvalue weighted by molar-refractivity contribution is 8.24. The van der Waals surface area contributed by atoms with Crippen molar-refractivity contribution in [3.05, 3.63) is 52.3 Å². The quantitative estimate of drug-likeness (QED) is 0.0760. The second-order valence-electron chi connectivity index (χ2n) is 10.5. The Morgan fingerprint density at radius 1 is 0.795 bits per heavy atom. The monoisotopic (exact) mass is 657 g/mol. The summed E-state index contributed by atoms with van der Waals surface area (Å²) in [6.45, 7) is 7.96. The Balaban J connectivity index is 1.99. The summed E-state index contributed by atoms with van der Waals surface area (Å²) in [6.07, 6.45) is 6.27. The van der Waals surface area contributed by atoms with E-state index in [9.17, 15) is 28.1 Å². The first-order valence-electron chi connectivity index (χ1n) is 15.0. The number of rotatable bonds is 16. The lowest BCUT2D eigenvalue weighted by Crippen LogP contribution is -2.21. The van der Waals surface area contributed by atoms with Gasteiger partial charge in [-0.25, -0.2) is 8.42 Å². The third-order valence-electron chi connectivity index (χ3n) is 7.33.